The van der Waals surface area contributed by atoms with Gasteiger partial charge in [-0.3, -0.25) is 24.2 Å². The summed E-state index contributed by atoms with van der Waals surface area (Å²) in [5.41, 5.74) is 3.08. The van der Waals surface area contributed by atoms with Gasteiger partial charge in [0.1, 0.15) is 0 Å². The summed E-state index contributed by atoms with van der Waals surface area (Å²) in [6.07, 6.45) is 8.98. The molecular weight excluding hydrogens is 524 g/mol. The number of rotatable bonds is 10. The number of methoxy groups -OCH3 is 1. The van der Waals surface area contributed by atoms with Crippen molar-refractivity contribution in [2.75, 3.05) is 37.9 Å². The molecule has 6 rings (SSSR count). The van der Waals surface area contributed by atoms with E-state index in [0.717, 1.165) is 49.3 Å². The lowest BCUT2D eigenvalue weighted by molar-refractivity contribution is -0.117. The molecule has 13 nitrogen and oxygen atoms in total. The summed E-state index contributed by atoms with van der Waals surface area (Å²) in [7, 11) is 3.07. The molecule has 4 aromatic rings. The molecule has 0 spiro atoms. The Kier molecular flexibility index (Phi) is 7.25. The molecule has 5 heterocycles. The molecule has 0 atom stereocenters. The van der Waals surface area contributed by atoms with Crippen molar-refractivity contribution in [2.45, 2.75) is 25.4 Å². The van der Waals surface area contributed by atoms with Crippen LogP contribution >= 0.6 is 0 Å². The number of nitrogens with zero attached hydrogens (tertiary/aromatic N) is 7. The highest BCUT2D eigenvalue weighted by Crippen LogP contribution is 2.37. The number of carbonyl (C=O) groups excluding carboxylic acids is 2. The van der Waals surface area contributed by atoms with E-state index in [-0.39, 0.29) is 29.4 Å². The van der Waals surface area contributed by atoms with Crippen LogP contribution in [0.4, 0.5) is 17.3 Å². The standard InChI is InChI=1S/C28H30N10O3/c1-29-28(40)24-22(11-23(35-36-24)34-27(39)17-6-7-17)33-26-25(41-2)21(8-10-31-26)18-12-32-38(13-18)20-15-37(16-20)14-19-5-3-4-9-30-19/h3-5,8-13,17,20H,6-7,14-16H2,1-2H3,(H,29,40)(H2,31,33,34,35,39). The van der Waals surface area contributed by atoms with E-state index in [2.05, 4.69) is 46.1 Å². The highest BCUT2D eigenvalue weighted by molar-refractivity contribution is 5.99. The molecular formula is C28H30N10O3. The van der Waals surface area contributed by atoms with Crippen LogP contribution in [0.2, 0.25) is 0 Å². The van der Waals surface area contributed by atoms with E-state index in [1.165, 1.54) is 7.05 Å². The number of pyridine rings is 2. The molecule has 1 saturated heterocycles. The number of hydrogen-bond acceptors (Lipinski definition) is 10. The lowest BCUT2D eigenvalue weighted by Gasteiger charge is -2.38. The van der Waals surface area contributed by atoms with Gasteiger partial charge in [-0.05, 0) is 31.0 Å². The maximum atomic E-state index is 12.5. The zero-order valence-electron chi connectivity index (χ0n) is 22.7. The van der Waals surface area contributed by atoms with Crippen LogP contribution in [0.1, 0.15) is 35.1 Å². The highest BCUT2D eigenvalue weighted by Gasteiger charge is 2.31. The van der Waals surface area contributed by atoms with Gasteiger partial charge in [-0.2, -0.15) is 5.10 Å². The van der Waals surface area contributed by atoms with E-state index in [9.17, 15) is 9.59 Å². The third kappa shape index (κ3) is 5.70. The molecule has 210 valence electrons. The molecule has 0 bridgehead atoms. The SMILES string of the molecule is CNC(=O)c1nnc(NC(=O)C2CC2)cc1Nc1nccc(-c2cnn(C3CN(Cc4ccccn4)C3)c2)c1OC. The van der Waals surface area contributed by atoms with E-state index in [0.29, 0.717) is 17.3 Å². The monoisotopic (exact) mass is 554 g/mol. The topological polar surface area (TPSA) is 152 Å². The van der Waals surface area contributed by atoms with Gasteiger partial charge in [0, 0.05) is 68.4 Å². The molecule has 2 aliphatic rings. The van der Waals surface area contributed by atoms with Crippen molar-refractivity contribution in [1.82, 2.24) is 40.2 Å². The molecule has 0 aromatic carbocycles. The molecule has 2 fully saturated rings. The number of amides is 2. The number of ether oxygens (including phenoxy) is 1. The van der Waals surface area contributed by atoms with E-state index in [1.54, 1.807) is 25.6 Å². The average molecular weight is 555 g/mol. The first-order valence-electron chi connectivity index (χ1n) is 13.4. The lowest BCUT2D eigenvalue weighted by atomic mass is 10.1. The maximum absolute atomic E-state index is 12.5. The van der Waals surface area contributed by atoms with Gasteiger partial charge in [0.05, 0.1) is 30.7 Å². The maximum Gasteiger partial charge on any atom is 0.273 e. The summed E-state index contributed by atoms with van der Waals surface area (Å²) in [5, 5.41) is 21.2. The van der Waals surface area contributed by atoms with Crippen molar-refractivity contribution in [2.24, 2.45) is 5.92 Å². The van der Waals surface area contributed by atoms with Crippen LogP contribution < -0.4 is 20.7 Å². The summed E-state index contributed by atoms with van der Waals surface area (Å²) in [6.45, 7) is 2.58. The minimum Gasteiger partial charge on any atom is -0.492 e. The van der Waals surface area contributed by atoms with E-state index in [4.69, 9.17) is 4.74 Å². The lowest BCUT2D eigenvalue weighted by Crippen LogP contribution is -2.47. The Morgan fingerprint density at radius 2 is 1.95 bits per heavy atom. The molecule has 4 aromatic heterocycles. The number of likely N-dealkylation sites (tertiary alicyclic amines) is 1. The zero-order valence-corrected chi connectivity index (χ0v) is 22.7. The van der Waals surface area contributed by atoms with E-state index in [1.807, 2.05) is 41.3 Å². The first-order chi connectivity index (χ1) is 20.0. The Balaban J connectivity index is 1.21. The second-order valence-electron chi connectivity index (χ2n) is 10.1. The largest absolute Gasteiger partial charge is 0.492 e. The van der Waals surface area contributed by atoms with Crippen LogP contribution in [0.25, 0.3) is 11.1 Å². The fourth-order valence-corrected chi connectivity index (χ4v) is 4.74. The molecule has 1 saturated carbocycles. The summed E-state index contributed by atoms with van der Waals surface area (Å²) >= 11 is 0. The van der Waals surface area contributed by atoms with Crippen molar-refractivity contribution < 1.29 is 14.3 Å². The number of hydrogen-bond donors (Lipinski definition) is 3. The van der Waals surface area contributed by atoms with E-state index >= 15 is 0 Å². The van der Waals surface area contributed by atoms with Gasteiger partial charge in [0.15, 0.2) is 23.1 Å². The quantitative estimate of drug-likeness (QED) is 0.267. The van der Waals surface area contributed by atoms with Crippen LogP contribution in [0, 0.1) is 5.92 Å². The van der Waals surface area contributed by atoms with Crippen molar-refractivity contribution in [3.8, 4) is 16.9 Å². The second-order valence-corrected chi connectivity index (χ2v) is 10.1. The molecule has 1 aliphatic heterocycles. The Bertz CT molecular complexity index is 1560. The van der Waals surface area contributed by atoms with Gasteiger partial charge in [-0.1, -0.05) is 6.07 Å². The first kappa shape index (κ1) is 26.3. The van der Waals surface area contributed by atoms with Crippen molar-refractivity contribution in [1.29, 1.82) is 0 Å². The smallest absolute Gasteiger partial charge is 0.273 e. The van der Waals surface area contributed by atoms with Crippen molar-refractivity contribution in [3.05, 3.63) is 66.5 Å². The molecule has 41 heavy (non-hydrogen) atoms. The number of nitrogens with one attached hydrogen (secondary N) is 3. The predicted octanol–water partition coefficient (Wildman–Crippen LogP) is 2.65. The summed E-state index contributed by atoms with van der Waals surface area (Å²) in [6, 6.07) is 9.64. The van der Waals surface area contributed by atoms with Crippen molar-refractivity contribution in [3.63, 3.8) is 0 Å². The van der Waals surface area contributed by atoms with Crippen LogP contribution in [-0.2, 0) is 11.3 Å². The minimum atomic E-state index is -0.436. The van der Waals surface area contributed by atoms with Crippen LogP contribution in [-0.4, -0.2) is 73.9 Å². The van der Waals surface area contributed by atoms with Gasteiger partial charge in [0.25, 0.3) is 5.91 Å². The minimum absolute atomic E-state index is 0.00457. The zero-order chi connectivity index (χ0) is 28.3. The van der Waals surface area contributed by atoms with Crippen LogP contribution in [0.15, 0.2) is 55.1 Å². The fourth-order valence-electron chi connectivity index (χ4n) is 4.74. The average Bonchev–Trinajstić information content (AvgIpc) is 3.72. The molecule has 0 unspecified atom stereocenters. The third-order valence-corrected chi connectivity index (χ3v) is 7.13. The molecule has 1 aliphatic carbocycles. The molecule has 0 radical (unpaired) electrons. The normalized spacial score (nSPS) is 15.2. The summed E-state index contributed by atoms with van der Waals surface area (Å²) < 4.78 is 7.75. The number of aromatic nitrogens is 6. The Labute approximate surface area is 236 Å². The third-order valence-electron chi connectivity index (χ3n) is 7.13. The molecule has 2 amide bonds. The Hall–Kier alpha value is -4.91. The van der Waals surface area contributed by atoms with Crippen LogP contribution in [0.3, 0.4) is 0 Å². The summed E-state index contributed by atoms with van der Waals surface area (Å²) in [4.78, 5) is 36.0. The Morgan fingerprint density at radius 3 is 2.68 bits per heavy atom. The van der Waals surface area contributed by atoms with Gasteiger partial charge >= 0.3 is 0 Å². The predicted molar refractivity (Wildman–Crippen MR) is 151 cm³/mol. The number of carbonyl (C=O) groups is 2. The molecule has 13 heteroatoms. The summed E-state index contributed by atoms with van der Waals surface area (Å²) in [5.74, 6) is 0.537. The van der Waals surface area contributed by atoms with Gasteiger partial charge in [0.2, 0.25) is 5.91 Å². The van der Waals surface area contributed by atoms with Gasteiger partial charge in [-0.15, -0.1) is 10.2 Å². The van der Waals surface area contributed by atoms with Crippen molar-refractivity contribution >= 4 is 29.1 Å². The highest BCUT2D eigenvalue weighted by atomic mass is 16.5. The molecule has 3 N–H and O–H groups in total. The van der Waals surface area contributed by atoms with Gasteiger partial charge in [-0.25, -0.2) is 4.98 Å². The van der Waals surface area contributed by atoms with E-state index < -0.39 is 5.91 Å². The van der Waals surface area contributed by atoms with Crippen LogP contribution in [0.5, 0.6) is 5.75 Å². The Morgan fingerprint density at radius 1 is 1.10 bits per heavy atom. The second kappa shape index (κ2) is 11.3. The fraction of sp³-hybridized carbons (Fsp3) is 0.321. The first-order valence-corrected chi connectivity index (χ1v) is 13.4. The number of anilines is 3. The van der Waals surface area contributed by atoms with Gasteiger partial charge < -0.3 is 20.7 Å².